The van der Waals surface area contributed by atoms with E-state index in [0.717, 1.165) is 12.2 Å². The number of aliphatic hydroxyl groups is 1. The average molecular weight is 183 g/mol. The summed E-state index contributed by atoms with van der Waals surface area (Å²) in [5.41, 5.74) is 0.826. The normalized spacial score (nSPS) is 28.2. The molecule has 0 spiro atoms. The molecule has 0 bridgehead atoms. The van der Waals surface area contributed by atoms with Crippen molar-refractivity contribution in [1.82, 2.24) is 15.0 Å². The topological polar surface area (TPSA) is 60.2 Å². The molecule has 1 fully saturated rings. The van der Waals surface area contributed by atoms with Crippen molar-refractivity contribution in [3.05, 3.63) is 11.9 Å². The van der Waals surface area contributed by atoms with Crippen molar-refractivity contribution < 1.29 is 9.84 Å². The van der Waals surface area contributed by atoms with E-state index in [-0.39, 0.29) is 5.92 Å². The van der Waals surface area contributed by atoms with Gasteiger partial charge in [-0.1, -0.05) is 5.21 Å². The van der Waals surface area contributed by atoms with Gasteiger partial charge in [0.1, 0.15) is 0 Å². The summed E-state index contributed by atoms with van der Waals surface area (Å²) in [6.07, 6.45) is 1.43. The second-order valence-corrected chi connectivity index (χ2v) is 3.21. The number of aryl methyl sites for hydroxylation is 1. The summed E-state index contributed by atoms with van der Waals surface area (Å²) in [7, 11) is 0. The summed E-state index contributed by atoms with van der Waals surface area (Å²) >= 11 is 0. The van der Waals surface area contributed by atoms with Gasteiger partial charge >= 0.3 is 0 Å². The molecule has 0 unspecified atom stereocenters. The third-order valence-corrected chi connectivity index (χ3v) is 2.31. The van der Waals surface area contributed by atoms with Gasteiger partial charge in [-0.05, 0) is 6.92 Å². The Morgan fingerprint density at radius 3 is 3.08 bits per heavy atom. The Bertz CT molecular complexity index is 287. The van der Waals surface area contributed by atoms with E-state index in [1.807, 2.05) is 13.1 Å². The average Bonchev–Trinajstić information content (AvgIpc) is 2.71. The second-order valence-electron chi connectivity index (χ2n) is 3.21. The molecule has 72 valence electrons. The molecule has 5 heteroatoms. The first-order valence-electron chi connectivity index (χ1n) is 4.47. The summed E-state index contributed by atoms with van der Waals surface area (Å²) in [4.78, 5) is 0. The Kier molecular flexibility index (Phi) is 2.28. The number of hydrogen-bond acceptors (Lipinski definition) is 4. The van der Waals surface area contributed by atoms with Gasteiger partial charge in [0.25, 0.3) is 0 Å². The highest BCUT2D eigenvalue weighted by Crippen LogP contribution is 2.23. The van der Waals surface area contributed by atoms with Crippen LogP contribution >= 0.6 is 0 Å². The van der Waals surface area contributed by atoms with Crippen molar-refractivity contribution in [2.75, 3.05) is 13.2 Å². The largest absolute Gasteiger partial charge is 0.390 e. The van der Waals surface area contributed by atoms with Gasteiger partial charge in [-0.3, -0.25) is 4.68 Å². The fraction of sp³-hybridized carbons (Fsp3) is 0.750. The van der Waals surface area contributed by atoms with Crippen LogP contribution in [0.5, 0.6) is 0 Å². The van der Waals surface area contributed by atoms with Crippen LogP contribution in [0.1, 0.15) is 18.5 Å². The predicted octanol–water partition coefficient (Wildman–Crippen LogP) is -0.227. The lowest BCUT2D eigenvalue weighted by atomic mass is 10.0. The quantitative estimate of drug-likeness (QED) is 0.688. The van der Waals surface area contributed by atoms with Gasteiger partial charge < -0.3 is 9.84 Å². The van der Waals surface area contributed by atoms with E-state index in [0.29, 0.717) is 13.2 Å². The Morgan fingerprint density at radius 1 is 1.69 bits per heavy atom. The molecular formula is C8H13N3O2. The molecular weight excluding hydrogens is 170 g/mol. The van der Waals surface area contributed by atoms with Gasteiger partial charge in [0.05, 0.1) is 30.9 Å². The van der Waals surface area contributed by atoms with Gasteiger partial charge in [0, 0.05) is 12.7 Å². The number of rotatable bonds is 2. The van der Waals surface area contributed by atoms with E-state index < -0.39 is 6.10 Å². The van der Waals surface area contributed by atoms with Crippen LogP contribution in [0.2, 0.25) is 0 Å². The lowest BCUT2D eigenvalue weighted by Gasteiger charge is -2.06. The monoisotopic (exact) mass is 183 g/mol. The van der Waals surface area contributed by atoms with Crippen molar-refractivity contribution in [3.8, 4) is 0 Å². The fourth-order valence-corrected chi connectivity index (χ4v) is 1.46. The van der Waals surface area contributed by atoms with E-state index >= 15 is 0 Å². The van der Waals surface area contributed by atoms with E-state index in [1.54, 1.807) is 4.68 Å². The Labute approximate surface area is 76.3 Å². The smallest absolute Gasteiger partial charge is 0.0907 e. The molecule has 1 aromatic rings. The zero-order valence-corrected chi connectivity index (χ0v) is 7.55. The van der Waals surface area contributed by atoms with E-state index in [9.17, 15) is 5.11 Å². The number of aliphatic hydroxyl groups excluding tert-OH is 1. The van der Waals surface area contributed by atoms with Crippen LogP contribution in [-0.4, -0.2) is 39.4 Å². The summed E-state index contributed by atoms with van der Waals surface area (Å²) in [6.45, 7) is 3.75. The molecule has 1 aliphatic rings. The number of aromatic nitrogens is 3. The first-order chi connectivity index (χ1) is 6.31. The number of hydrogen-bond donors (Lipinski definition) is 1. The third-order valence-electron chi connectivity index (χ3n) is 2.31. The van der Waals surface area contributed by atoms with E-state index in [4.69, 9.17) is 4.74 Å². The van der Waals surface area contributed by atoms with Crippen LogP contribution in [0.3, 0.4) is 0 Å². The van der Waals surface area contributed by atoms with Crippen molar-refractivity contribution in [3.63, 3.8) is 0 Å². The summed E-state index contributed by atoms with van der Waals surface area (Å²) in [5, 5.41) is 17.4. The Morgan fingerprint density at radius 2 is 2.54 bits per heavy atom. The summed E-state index contributed by atoms with van der Waals surface area (Å²) in [5.74, 6) is 0.000278. The van der Waals surface area contributed by atoms with Crippen molar-refractivity contribution >= 4 is 0 Å². The molecule has 13 heavy (non-hydrogen) atoms. The molecule has 1 aromatic heterocycles. The maximum atomic E-state index is 9.52. The van der Waals surface area contributed by atoms with Crippen molar-refractivity contribution in [1.29, 1.82) is 0 Å². The highest BCUT2D eigenvalue weighted by molar-refractivity contribution is 5.06. The SMILES string of the molecule is CCn1cc([C@@H]2COC[C@H]2O)nn1. The molecule has 1 N–H and O–H groups in total. The first-order valence-corrected chi connectivity index (χ1v) is 4.47. The van der Waals surface area contributed by atoms with Crippen molar-refractivity contribution in [2.45, 2.75) is 25.5 Å². The molecule has 1 saturated heterocycles. The van der Waals surface area contributed by atoms with Crippen LogP contribution in [0.25, 0.3) is 0 Å². The lowest BCUT2D eigenvalue weighted by molar-refractivity contribution is 0.124. The number of ether oxygens (including phenoxy) is 1. The molecule has 2 atom stereocenters. The van der Waals surface area contributed by atoms with Gasteiger partial charge in [-0.15, -0.1) is 5.10 Å². The first kappa shape index (κ1) is 8.65. The third kappa shape index (κ3) is 1.57. The molecule has 0 saturated carbocycles. The zero-order chi connectivity index (χ0) is 9.26. The van der Waals surface area contributed by atoms with Crippen LogP contribution in [0.15, 0.2) is 6.20 Å². The molecule has 0 aromatic carbocycles. The summed E-state index contributed by atoms with van der Waals surface area (Å²) in [6, 6.07) is 0. The van der Waals surface area contributed by atoms with Gasteiger partial charge in [-0.2, -0.15) is 0 Å². The van der Waals surface area contributed by atoms with Gasteiger partial charge in [0.15, 0.2) is 0 Å². The molecule has 5 nitrogen and oxygen atoms in total. The predicted molar refractivity (Wildman–Crippen MR) is 45.3 cm³/mol. The second kappa shape index (κ2) is 3.43. The Hall–Kier alpha value is -0.940. The minimum absolute atomic E-state index is 0.000278. The lowest BCUT2D eigenvalue weighted by Crippen LogP contribution is -2.15. The molecule has 0 amide bonds. The van der Waals surface area contributed by atoms with Crippen LogP contribution in [-0.2, 0) is 11.3 Å². The fourth-order valence-electron chi connectivity index (χ4n) is 1.46. The minimum atomic E-state index is -0.429. The zero-order valence-electron chi connectivity index (χ0n) is 7.55. The van der Waals surface area contributed by atoms with Crippen LogP contribution < -0.4 is 0 Å². The Balaban J connectivity index is 2.15. The van der Waals surface area contributed by atoms with E-state index in [2.05, 4.69) is 10.3 Å². The van der Waals surface area contributed by atoms with Gasteiger partial charge in [-0.25, -0.2) is 0 Å². The molecule has 2 rings (SSSR count). The maximum absolute atomic E-state index is 9.52. The summed E-state index contributed by atoms with van der Waals surface area (Å²) < 4.78 is 6.89. The number of nitrogens with zero attached hydrogens (tertiary/aromatic N) is 3. The van der Waals surface area contributed by atoms with E-state index in [1.165, 1.54) is 0 Å². The molecule has 2 heterocycles. The molecule has 0 radical (unpaired) electrons. The standard InChI is InChI=1S/C8H13N3O2/c1-2-11-3-7(9-10-11)6-4-13-5-8(6)12/h3,6,8,12H,2,4-5H2,1H3/t6-,8+/m0/s1. The minimum Gasteiger partial charge on any atom is -0.390 e. The maximum Gasteiger partial charge on any atom is 0.0907 e. The van der Waals surface area contributed by atoms with Crippen LogP contribution in [0.4, 0.5) is 0 Å². The molecule has 0 aliphatic carbocycles. The van der Waals surface area contributed by atoms with Gasteiger partial charge in [0.2, 0.25) is 0 Å². The highest BCUT2D eigenvalue weighted by atomic mass is 16.5. The van der Waals surface area contributed by atoms with Crippen LogP contribution in [0, 0.1) is 0 Å². The molecule has 1 aliphatic heterocycles. The highest BCUT2D eigenvalue weighted by Gasteiger charge is 2.29. The van der Waals surface area contributed by atoms with Crippen molar-refractivity contribution in [2.24, 2.45) is 0 Å².